The molecule has 0 fully saturated rings. The van der Waals surface area contributed by atoms with Gasteiger partial charge in [0.15, 0.2) is 0 Å². The molecule has 17 heavy (non-hydrogen) atoms. The second-order valence-corrected chi connectivity index (χ2v) is 4.24. The lowest BCUT2D eigenvalue weighted by Gasteiger charge is -2.07. The highest BCUT2D eigenvalue weighted by Gasteiger charge is 2.00. The fourth-order valence-corrected chi connectivity index (χ4v) is 1.28. The SMILES string of the molecule is CC/C(C)=C/NC(=O)Nc1ccc(C)c(C)c1. The van der Waals surface area contributed by atoms with E-state index >= 15 is 0 Å². The van der Waals surface area contributed by atoms with Gasteiger partial charge in [0.1, 0.15) is 0 Å². The number of amides is 2. The van der Waals surface area contributed by atoms with Gasteiger partial charge >= 0.3 is 6.03 Å². The van der Waals surface area contributed by atoms with Gasteiger partial charge in [-0.25, -0.2) is 4.79 Å². The number of carbonyl (C=O) groups is 1. The maximum absolute atomic E-state index is 11.6. The average molecular weight is 232 g/mol. The summed E-state index contributed by atoms with van der Waals surface area (Å²) in [5.74, 6) is 0. The van der Waals surface area contributed by atoms with Gasteiger partial charge in [-0.05, 0) is 50.5 Å². The molecule has 0 atom stereocenters. The molecule has 2 N–H and O–H groups in total. The predicted molar refractivity (Wildman–Crippen MR) is 72.1 cm³/mol. The fraction of sp³-hybridized carbons (Fsp3) is 0.357. The number of hydrogen-bond donors (Lipinski definition) is 2. The summed E-state index contributed by atoms with van der Waals surface area (Å²) in [6.07, 6.45) is 2.67. The number of anilines is 1. The number of benzene rings is 1. The molecule has 0 unspecified atom stereocenters. The summed E-state index contributed by atoms with van der Waals surface area (Å²) in [4.78, 5) is 11.6. The van der Waals surface area contributed by atoms with Crippen LogP contribution in [0.25, 0.3) is 0 Å². The molecule has 0 radical (unpaired) electrons. The zero-order valence-electron chi connectivity index (χ0n) is 10.9. The van der Waals surface area contributed by atoms with Crippen LogP contribution in [-0.2, 0) is 0 Å². The van der Waals surface area contributed by atoms with Crippen molar-refractivity contribution in [3.63, 3.8) is 0 Å². The highest BCUT2D eigenvalue weighted by atomic mass is 16.2. The van der Waals surface area contributed by atoms with Crippen LogP contribution in [0.15, 0.2) is 30.0 Å². The summed E-state index contributed by atoms with van der Waals surface area (Å²) in [5, 5.41) is 5.50. The lowest BCUT2D eigenvalue weighted by atomic mass is 10.1. The van der Waals surface area contributed by atoms with Crippen molar-refractivity contribution in [3.8, 4) is 0 Å². The van der Waals surface area contributed by atoms with Crippen molar-refractivity contribution in [2.75, 3.05) is 5.32 Å². The Bertz CT molecular complexity index is 436. The predicted octanol–water partition coefficient (Wildman–Crippen LogP) is 3.74. The summed E-state index contributed by atoms with van der Waals surface area (Å²) in [6, 6.07) is 5.66. The first-order valence-corrected chi connectivity index (χ1v) is 5.83. The van der Waals surface area contributed by atoms with E-state index in [0.29, 0.717) is 0 Å². The minimum absolute atomic E-state index is 0.207. The molecule has 0 saturated heterocycles. The van der Waals surface area contributed by atoms with E-state index in [4.69, 9.17) is 0 Å². The molecule has 0 aromatic heterocycles. The first-order valence-electron chi connectivity index (χ1n) is 5.83. The van der Waals surface area contributed by atoms with Crippen molar-refractivity contribution in [3.05, 3.63) is 41.1 Å². The zero-order valence-corrected chi connectivity index (χ0v) is 10.9. The Morgan fingerprint density at radius 1 is 1.29 bits per heavy atom. The van der Waals surface area contributed by atoms with Crippen LogP contribution in [0.4, 0.5) is 10.5 Å². The maximum Gasteiger partial charge on any atom is 0.323 e. The third-order valence-electron chi connectivity index (χ3n) is 2.77. The molecule has 0 saturated carbocycles. The molecule has 0 aliphatic rings. The van der Waals surface area contributed by atoms with Crippen LogP contribution in [-0.4, -0.2) is 6.03 Å². The molecule has 0 aliphatic heterocycles. The van der Waals surface area contributed by atoms with Gasteiger partial charge in [-0.1, -0.05) is 18.6 Å². The molecule has 0 bridgehead atoms. The van der Waals surface area contributed by atoms with Gasteiger partial charge in [-0.3, -0.25) is 0 Å². The third kappa shape index (κ3) is 4.31. The third-order valence-corrected chi connectivity index (χ3v) is 2.77. The molecule has 0 aliphatic carbocycles. The number of allylic oxidation sites excluding steroid dienone is 1. The Labute approximate surface area is 103 Å². The number of nitrogens with one attached hydrogen (secondary N) is 2. The van der Waals surface area contributed by atoms with E-state index in [0.717, 1.165) is 17.7 Å². The largest absolute Gasteiger partial charge is 0.323 e. The standard InChI is InChI=1S/C14H20N2O/c1-5-10(2)9-15-14(17)16-13-7-6-11(3)12(4)8-13/h6-9H,5H2,1-4H3,(H2,15,16,17)/b10-9+. The topological polar surface area (TPSA) is 41.1 Å². The lowest BCUT2D eigenvalue weighted by Crippen LogP contribution is -2.24. The van der Waals surface area contributed by atoms with Gasteiger partial charge < -0.3 is 10.6 Å². The molecular weight excluding hydrogens is 212 g/mol. The Balaban J connectivity index is 2.59. The van der Waals surface area contributed by atoms with Crippen LogP contribution in [0.1, 0.15) is 31.4 Å². The van der Waals surface area contributed by atoms with Gasteiger partial charge in [0.05, 0.1) is 0 Å². The molecule has 1 aromatic rings. The van der Waals surface area contributed by atoms with Crippen molar-refractivity contribution in [2.24, 2.45) is 0 Å². The fourth-order valence-electron chi connectivity index (χ4n) is 1.28. The number of carbonyl (C=O) groups excluding carboxylic acids is 1. The highest BCUT2D eigenvalue weighted by Crippen LogP contribution is 2.13. The Morgan fingerprint density at radius 2 is 2.00 bits per heavy atom. The van der Waals surface area contributed by atoms with E-state index < -0.39 is 0 Å². The number of rotatable bonds is 3. The Hall–Kier alpha value is -1.77. The van der Waals surface area contributed by atoms with E-state index in [1.165, 1.54) is 11.1 Å². The number of aryl methyl sites for hydroxylation is 2. The summed E-state index contributed by atoms with van der Waals surface area (Å²) in [6.45, 7) is 8.11. The van der Waals surface area contributed by atoms with Gasteiger partial charge in [0.2, 0.25) is 0 Å². The molecular formula is C14H20N2O. The van der Waals surface area contributed by atoms with E-state index in [-0.39, 0.29) is 6.03 Å². The van der Waals surface area contributed by atoms with Crippen LogP contribution in [0, 0.1) is 13.8 Å². The van der Waals surface area contributed by atoms with E-state index in [1.807, 2.05) is 39.0 Å². The van der Waals surface area contributed by atoms with E-state index in [9.17, 15) is 4.79 Å². The van der Waals surface area contributed by atoms with Gasteiger partial charge in [0, 0.05) is 11.9 Å². The van der Waals surface area contributed by atoms with Crippen molar-refractivity contribution in [1.29, 1.82) is 0 Å². The zero-order chi connectivity index (χ0) is 12.8. The minimum Gasteiger partial charge on any atom is -0.314 e. The van der Waals surface area contributed by atoms with Crippen LogP contribution in [0.2, 0.25) is 0 Å². The summed E-state index contributed by atoms with van der Waals surface area (Å²) >= 11 is 0. The highest BCUT2D eigenvalue weighted by molar-refractivity contribution is 5.90. The molecule has 2 amide bonds. The normalized spacial score (nSPS) is 11.2. The quantitative estimate of drug-likeness (QED) is 0.819. The second kappa shape index (κ2) is 6.09. The molecule has 92 valence electrons. The molecule has 0 heterocycles. The first kappa shape index (κ1) is 13.3. The molecule has 1 rings (SSSR count). The molecule has 1 aromatic carbocycles. The first-order chi connectivity index (χ1) is 8.02. The average Bonchev–Trinajstić information content (AvgIpc) is 2.31. The van der Waals surface area contributed by atoms with Gasteiger partial charge in [-0.2, -0.15) is 0 Å². The monoisotopic (exact) mass is 232 g/mol. The van der Waals surface area contributed by atoms with Gasteiger partial charge in [0.25, 0.3) is 0 Å². The van der Waals surface area contributed by atoms with Crippen LogP contribution < -0.4 is 10.6 Å². The van der Waals surface area contributed by atoms with Crippen LogP contribution in [0.3, 0.4) is 0 Å². The van der Waals surface area contributed by atoms with Gasteiger partial charge in [-0.15, -0.1) is 0 Å². The molecule has 3 heteroatoms. The Morgan fingerprint density at radius 3 is 2.59 bits per heavy atom. The Kier molecular flexibility index (Phi) is 4.76. The summed E-state index contributed by atoms with van der Waals surface area (Å²) in [5.41, 5.74) is 4.34. The van der Waals surface area contributed by atoms with E-state index in [1.54, 1.807) is 6.20 Å². The molecule has 3 nitrogen and oxygen atoms in total. The van der Waals surface area contributed by atoms with Crippen molar-refractivity contribution < 1.29 is 4.79 Å². The lowest BCUT2D eigenvalue weighted by molar-refractivity contribution is 0.255. The second-order valence-electron chi connectivity index (χ2n) is 4.24. The van der Waals surface area contributed by atoms with Crippen molar-refractivity contribution in [1.82, 2.24) is 5.32 Å². The van der Waals surface area contributed by atoms with Crippen LogP contribution in [0.5, 0.6) is 0 Å². The van der Waals surface area contributed by atoms with Crippen molar-refractivity contribution >= 4 is 11.7 Å². The number of hydrogen-bond acceptors (Lipinski definition) is 1. The summed E-state index contributed by atoms with van der Waals surface area (Å²) in [7, 11) is 0. The van der Waals surface area contributed by atoms with Crippen LogP contribution >= 0.6 is 0 Å². The van der Waals surface area contributed by atoms with Crippen molar-refractivity contribution in [2.45, 2.75) is 34.1 Å². The van der Waals surface area contributed by atoms with E-state index in [2.05, 4.69) is 17.6 Å². The molecule has 0 spiro atoms. The maximum atomic E-state index is 11.6. The minimum atomic E-state index is -0.207. The summed E-state index contributed by atoms with van der Waals surface area (Å²) < 4.78 is 0. The number of urea groups is 1. The smallest absolute Gasteiger partial charge is 0.314 e.